The van der Waals surface area contributed by atoms with Gasteiger partial charge in [0.2, 0.25) is 0 Å². The van der Waals surface area contributed by atoms with E-state index in [1.54, 1.807) is 45.0 Å². The van der Waals surface area contributed by atoms with Crippen molar-refractivity contribution < 1.29 is 14.3 Å². The van der Waals surface area contributed by atoms with Crippen molar-refractivity contribution in [1.82, 2.24) is 10.6 Å². The first kappa shape index (κ1) is 16.0. The number of hydrogen-bond donors (Lipinski definition) is 2. The number of nitrogens with zero attached hydrogens (tertiary/aromatic N) is 1. The smallest absolute Gasteiger partial charge is 0.409 e. The summed E-state index contributed by atoms with van der Waals surface area (Å²) in [5, 5.41) is 5.03. The molecule has 0 aliphatic carbocycles. The van der Waals surface area contributed by atoms with Crippen LogP contribution >= 0.6 is 0 Å². The van der Waals surface area contributed by atoms with Gasteiger partial charge in [0, 0.05) is 12.4 Å². The molecule has 6 nitrogen and oxygen atoms in total. The van der Waals surface area contributed by atoms with E-state index in [9.17, 15) is 9.59 Å². The number of alkyl carbamates (subject to hydrolysis) is 1. The molecule has 0 fully saturated rings. The Morgan fingerprint density at radius 3 is 2.30 bits per heavy atom. The second kappa shape index (κ2) is 6.95. The van der Waals surface area contributed by atoms with Gasteiger partial charge in [0.25, 0.3) is 0 Å². The number of benzene rings is 1. The SMILES string of the molecule is CC(C)(C)OC(=O)NC(NC(=O)N=S)c1ccccc1. The highest BCUT2D eigenvalue weighted by Gasteiger charge is 2.21. The number of ether oxygens (including phenoxy) is 1. The molecule has 1 rings (SSSR count). The summed E-state index contributed by atoms with van der Waals surface area (Å²) in [4.78, 5) is 23.1. The van der Waals surface area contributed by atoms with E-state index in [-0.39, 0.29) is 0 Å². The molecule has 0 aliphatic heterocycles. The van der Waals surface area contributed by atoms with Crippen LogP contribution in [0, 0.1) is 0 Å². The Morgan fingerprint density at radius 1 is 1.20 bits per heavy atom. The minimum atomic E-state index is -0.759. The lowest BCUT2D eigenvalue weighted by atomic mass is 10.2. The molecule has 0 radical (unpaired) electrons. The van der Waals surface area contributed by atoms with Crippen LogP contribution in [0.15, 0.2) is 34.7 Å². The Bertz CT molecular complexity index is 485. The quantitative estimate of drug-likeness (QED) is 0.840. The molecule has 7 heteroatoms. The summed E-state index contributed by atoms with van der Waals surface area (Å²) in [6.45, 7) is 5.25. The summed E-state index contributed by atoms with van der Waals surface area (Å²) in [5.41, 5.74) is 0.0583. The monoisotopic (exact) mass is 295 g/mol. The van der Waals surface area contributed by atoms with Gasteiger partial charge in [-0.1, -0.05) is 30.3 Å². The third-order valence-corrected chi connectivity index (χ3v) is 2.31. The van der Waals surface area contributed by atoms with Gasteiger partial charge in [-0.05, 0) is 26.3 Å². The van der Waals surface area contributed by atoms with Gasteiger partial charge in [-0.2, -0.15) is 0 Å². The topological polar surface area (TPSA) is 79.8 Å². The van der Waals surface area contributed by atoms with Crippen LogP contribution in [-0.4, -0.2) is 17.7 Å². The minimum absolute atomic E-state index is 0.627. The average Bonchev–Trinajstić information content (AvgIpc) is 2.36. The van der Waals surface area contributed by atoms with E-state index in [2.05, 4.69) is 27.4 Å². The number of urea groups is 1. The predicted octanol–water partition coefficient (Wildman–Crippen LogP) is 2.65. The zero-order valence-electron chi connectivity index (χ0n) is 11.5. The Kier molecular flexibility index (Phi) is 5.57. The van der Waals surface area contributed by atoms with Gasteiger partial charge in [-0.15, -0.1) is 4.36 Å². The van der Waals surface area contributed by atoms with Crippen molar-refractivity contribution >= 4 is 24.5 Å². The summed E-state index contributed by atoms with van der Waals surface area (Å²) in [6, 6.07) is 8.21. The molecule has 2 N–H and O–H groups in total. The Morgan fingerprint density at radius 2 is 1.80 bits per heavy atom. The van der Waals surface area contributed by atoms with Crippen LogP contribution < -0.4 is 10.6 Å². The van der Waals surface area contributed by atoms with Gasteiger partial charge < -0.3 is 10.1 Å². The zero-order valence-corrected chi connectivity index (χ0v) is 12.4. The van der Waals surface area contributed by atoms with Crippen LogP contribution in [0.2, 0.25) is 0 Å². The highest BCUT2D eigenvalue weighted by molar-refractivity contribution is 7.47. The molecule has 0 heterocycles. The molecule has 1 unspecified atom stereocenters. The minimum Gasteiger partial charge on any atom is -0.444 e. The summed E-state index contributed by atoms with van der Waals surface area (Å²) in [5.74, 6) is 0. The van der Waals surface area contributed by atoms with Crippen LogP contribution in [0.3, 0.4) is 0 Å². The number of rotatable bonds is 3. The van der Waals surface area contributed by atoms with E-state index in [1.807, 2.05) is 6.07 Å². The molecule has 0 aromatic heterocycles. The largest absolute Gasteiger partial charge is 0.444 e. The number of nitrogens with one attached hydrogen (secondary N) is 2. The Balaban J connectivity index is 2.81. The van der Waals surface area contributed by atoms with E-state index in [0.29, 0.717) is 5.56 Å². The van der Waals surface area contributed by atoms with Crippen LogP contribution in [0.1, 0.15) is 32.5 Å². The lowest BCUT2D eigenvalue weighted by Crippen LogP contribution is -2.42. The van der Waals surface area contributed by atoms with Crippen LogP contribution in [-0.2, 0) is 17.2 Å². The van der Waals surface area contributed by atoms with Gasteiger partial charge in [-0.3, -0.25) is 5.32 Å². The third kappa shape index (κ3) is 5.75. The van der Waals surface area contributed by atoms with E-state index in [4.69, 9.17) is 4.74 Å². The number of hydrogen-bond acceptors (Lipinski definition) is 4. The van der Waals surface area contributed by atoms with Crippen molar-refractivity contribution in [2.75, 3.05) is 0 Å². The first-order valence-electron chi connectivity index (χ1n) is 6.00. The van der Waals surface area contributed by atoms with E-state index >= 15 is 0 Å². The number of carbonyl (C=O) groups is 2. The summed E-state index contributed by atoms with van der Waals surface area (Å²) < 4.78 is 8.22. The highest BCUT2D eigenvalue weighted by Crippen LogP contribution is 2.12. The molecule has 0 spiro atoms. The van der Waals surface area contributed by atoms with Crippen LogP contribution in [0.4, 0.5) is 9.59 Å². The van der Waals surface area contributed by atoms with Gasteiger partial charge in [0.15, 0.2) is 0 Å². The molecule has 1 aromatic carbocycles. The fourth-order valence-corrected chi connectivity index (χ4v) is 1.48. The molecular weight excluding hydrogens is 278 g/mol. The third-order valence-electron chi connectivity index (χ3n) is 2.14. The normalized spacial score (nSPS) is 12.2. The highest BCUT2D eigenvalue weighted by atomic mass is 32.1. The molecular formula is C13H17N3O3S. The van der Waals surface area contributed by atoms with E-state index < -0.39 is 23.9 Å². The van der Waals surface area contributed by atoms with Crippen molar-refractivity contribution in [3.05, 3.63) is 35.9 Å². The second-order valence-corrected chi connectivity index (χ2v) is 5.21. The molecule has 0 aliphatic rings. The van der Waals surface area contributed by atoms with Crippen molar-refractivity contribution in [2.45, 2.75) is 32.5 Å². The van der Waals surface area contributed by atoms with Gasteiger partial charge >= 0.3 is 12.1 Å². The maximum Gasteiger partial charge on any atom is 0.409 e. The molecule has 108 valence electrons. The van der Waals surface area contributed by atoms with Gasteiger partial charge in [-0.25, -0.2) is 9.59 Å². The summed E-state index contributed by atoms with van der Waals surface area (Å²) in [7, 11) is 0. The summed E-state index contributed by atoms with van der Waals surface area (Å²) >= 11 is 4.31. The van der Waals surface area contributed by atoms with E-state index in [1.165, 1.54) is 0 Å². The number of carbonyl (C=O) groups excluding carboxylic acids is 2. The summed E-state index contributed by atoms with van der Waals surface area (Å²) in [6.07, 6.45) is -1.40. The molecule has 1 aromatic rings. The van der Waals surface area contributed by atoms with Gasteiger partial charge in [0.1, 0.15) is 11.8 Å². The van der Waals surface area contributed by atoms with Crippen molar-refractivity contribution in [3.63, 3.8) is 0 Å². The maximum atomic E-state index is 11.8. The molecule has 0 bridgehead atoms. The van der Waals surface area contributed by atoms with Crippen LogP contribution in [0.5, 0.6) is 0 Å². The molecule has 3 amide bonds. The fourth-order valence-electron chi connectivity index (χ4n) is 1.42. The van der Waals surface area contributed by atoms with Crippen molar-refractivity contribution in [2.24, 2.45) is 4.36 Å². The van der Waals surface area contributed by atoms with Crippen LogP contribution in [0.25, 0.3) is 0 Å². The molecule has 1 atom stereocenters. The molecule has 0 saturated carbocycles. The molecule has 0 saturated heterocycles. The maximum absolute atomic E-state index is 11.8. The van der Waals surface area contributed by atoms with Crippen molar-refractivity contribution in [1.29, 1.82) is 0 Å². The van der Waals surface area contributed by atoms with E-state index in [0.717, 1.165) is 0 Å². The lowest BCUT2D eigenvalue weighted by Gasteiger charge is -2.23. The Labute approximate surface area is 123 Å². The van der Waals surface area contributed by atoms with Gasteiger partial charge in [0.05, 0.1) is 0 Å². The predicted molar refractivity (Wildman–Crippen MR) is 76.9 cm³/mol. The Hall–Kier alpha value is -2.02. The molecule has 20 heavy (non-hydrogen) atoms. The first-order chi connectivity index (χ1) is 9.31. The first-order valence-corrected chi connectivity index (χ1v) is 6.36. The fraction of sp³-hybridized carbons (Fsp3) is 0.385. The number of amides is 3. The van der Waals surface area contributed by atoms with Crippen molar-refractivity contribution in [3.8, 4) is 0 Å². The second-order valence-electron chi connectivity index (χ2n) is 5.03. The lowest BCUT2D eigenvalue weighted by molar-refractivity contribution is 0.0498. The standard InChI is InChI=1S/C13H17N3O3S/c1-13(2,3)19-12(18)15-10(14-11(17)16-20)9-7-5-4-6-8-9/h4-8,10H,1-3H3,(H,14,17)(H,15,18). The average molecular weight is 295 g/mol. The zero-order chi connectivity index (χ0) is 15.2.